The normalized spacial score (nSPS) is 8.89. The van der Waals surface area contributed by atoms with Crippen molar-refractivity contribution in [2.24, 2.45) is 0 Å². The van der Waals surface area contributed by atoms with E-state index in [1.54, 1.807) is 72.8 Å². The summed E-state index contributed by atoms with van der Waals surface area (Å²) in [5.74, 6) is 0.965. The van der Waals surface area contributed by atoms with Gasteiger partial charge in [0.25, 0.3) is 0 Å². The predicted molar refractivity (Wildman–Crippen MR) is 110 cm³/mol. The Morgan fingerprint density at radius 1 is 0.481 bits per heavy atom. The molecule has 0 heterocycles. The first-order valence-electron chi connectivity index (χ1n) is 8.13. The molecule has 4 N–H and O–H groups in total. The number of hydrogen-bond donors (Lipinski definition) is 4. The van der Waals surface area contributed by atoms with Gasteiger partial charge in [-0.15, -0.1) is 0 Å². The molecule has 0 amide bonds. The fourth-order valence-corrected chi connectivity index (χ4v) is 1.28. The van der Waals surface area contributed by atoms with E-state index in [-0.39, 0.29) is 21.7 Å². The third kappa shape index (κ3) is 24.0. The summed E-state index contributed by atoms with van der Waals surface area (Å²) in [5, 5.41) is 25.9. The summed E-state index contributed by atoms with van der Waals surface area (Å²) in [4.78, 5) is 8.66. The Balaban J connectivity index is 0. The van der Waals surface area contributed by atoms with Crippen LogP contribution in [-0.2, 0) is 21.7 Å². The van der Waals surface area contributed by atoms with Gasteiger partial charge in [-0.1, -0.05) is 54.6 Å². The van der Waals surface area contributed by atoms with Crippen LogP contribution in [0, 0.1) is 0 Å². The van der Waals surface area contributed by atoms with Gasteiger partial charge in [0.1, 0.15) is 17.2 Å². The van der Waals surface area contributed by atoms with Gasteiger partial charge in [-0.05, 0) is 56.0 Å². The number of phenolic OH excluding ortho intramolecular Hbond substituents is 3. The van der Waals surface area contributed by atoms with Gasteiger partial charge >= 0.3 is 0 Å². The second kappa shape index (κ2) is 16.1. The zero-order valence-corrected chi connectivity index (χ0v) is 18.5. The van der Waals surface area contributed by atoms with E-state index in [1.807, 2.05) is 37.8 Å². The number of para-hydroxylation sites is 3. The van der Waals surface area contributed by atoms with Crippen LogP contribution in [0.25, 0.3) is 0 Å². The average Bonchev–Trinajstić information content (AvgIpc) is 2.57. The van der Waals surface area contributed by atoms with Gasteiger partial charge in [0.2, 0.25) is 0 Å². The Morgan fingerprint density at radius 3 is 0.704 bits per heavy atom. The van der Waals surface area contributed by atoms with Gasteiger partial charge in [-0.25, -0.2) is 0 Å². The fourth-order valence-electron chi connectivity index (χ4n) is 1.28. The van der Waals surface area contributed by atoms with Gasteiger partial charge in [0.15, 0.2) is 8.32 Å². The fraction of sp³-hybridized carbons (Fsp3) is 0.143. The summed E-state index contributed by atoms with van der Waals surface area (Å²) in [7, 11) is -1.61. The Kier molecular flexibility index (Phi) is 16.3. The summed E-state index contributed by atoms with van der Waals surface area (Å²) >= 11 is 0. The van der Waals surface area contributed by atoms with Crippen LogP contribution in [0.1, 0.15) is 0 Å². The molecule has 3 rings (SSSR count). The van der Waals surface area contributed by atoms with E-state index in [2.05, 4.69) is 0 Å². The molecular formula is C21H28O4SiTi. The smallest absolute Gasteiger partial charge is 0.179 e. The number of aromatic hydroxyl groups is 3. The molecule has 27 heavy (non-hydrogen) atoms. The Hall–Kier alpha value is -2.05. The van der Waals surface area contributed by atoms with Crippen molar-refractivity contribution in [2.45, 2.75) is 19.6 Å². The largest absolute Gasteiger partial charge is 0.508 e. The monoisotopic (exact) mass is 420 g/mol. The van der Waals surface area contributed by atoms with E-state index >= 15 is 0 Å². The molecule has 0 bridgehead atoms. The van der Waals surface area contributed by atoms with E-state index < -0.39 is 8.32 Å². The SMILES string of the molecule is C[Si](C)(C)O.Oc1ccccc1.Oc1ccccc1.Oc1ccccc1.[Ti]. The van der Waals surface area contributed by atoms with Gasteiger partial charge in [-0.3, -0.25) is 0 Å². The number of rotatable bonds is 0. The van der Waals surface area contributed by atoms with Gasteiger partial charge in [0.05, 0.1) is 0 Å². The Labute approximate surface area is 177 Å². The summed E-state index contributed by atoms with van der Waals surface area (Å²) in [6.45, 7) is 5.65. The molecule has 0 fully saturated rings. The molecule has 0 spiro atoms. The maximum Gasteiger partial charge on any atom is 0.179 e. The molecule has 4 nitrogen and oxygen atoms in total. The first-order valence-corrected chi connectivity index (χ1v) is 11.6. The molecule has 3 aromatic rings. The van der Waals surface area contributed by atoms with Crippen molar-refractivity contribution in [2.75, 3.05) is 0 Å². The number of phenols is 3. The first kappa shape index (κ1) is 27.2. The van der Waals surface area contributed by atoms with Crippen molar-refractivity contribution in [3.8, 4) is 17.2 Å². The van der Waals surface area contributed by atoms with Crippen LogP contribution in [0.2, 0.25) is 19.6 Å². The molecule has 3 aromatic carbocycles. The molecule has 0 aromatic heterocycles. The minimum atomic E-state index is -1.61. The van der Waals surface area contributed by atoms with Crippen molar-refractivity contribution in [3.63, 3.8) is 0 Å². The Bertz CT molecular complexity index is 580. The average molecular weight is 420 g/mol. The molecule has 6 heteroatoms. The molecule has 144 valence electrons. The van der Waals surface area contributed by atoms with Crippen molar-refractivity contribution in [1.82, 2.24) is 0 Å². The molecule has 0 saturated heterocycles. The maximum absolute atomic E-state index is 8.66. The second-order valence-corrected chi connectivity index (χ2v) is 10.5. The van der Waals surface area contributed by atoms with Crippen LogP contribution in [0.4, 0.5) is 0 Å². The second-order valence-electron chi connectivity index (χ2n) is 6.18. The van der Waals surface area contributed by atoms with Crippen LogP contribution >= 0.6 is 0 Å². The predicted octanol–water partition coefficient (Wildman–Crippen LogP) is 4.99. The van der Waals surface area contributed by atoms with E-state index in [1.165, 1.54) is 0 Å². The standard InChI is InChI=1S/3C6H6O.C3H10OSi.Ti/c3*7-6-4-2-1-3-5-6;1-5(2,3)4;/h3*1-5,7H;4H,1-3H3;. The van der Waals surface area contributed by atoms with Crippen molar-refractivity contribution < 1.29 is 41.8 Å². The van der Waals surface area contributed by atoms with Crippen LogP contribution in [0.3, 0.4) is 0 Å². The summed E-state index contributed by atoms with van der Waals surface area (Å²) < 4.78 is 0. The molecule has 0 aliphatic heterocycles. The van der Waals surface area contributed by atoms with E-state index in [0.717, 1.165) is 0 Å². The topological polar surface area (TPSA) is 80.9 Å². The zero-order valence-electron chi connectivity index (χ0n) is 15.9. The molecule has 0 atom stereocenters. The third-order valence-electron chi connectivity index (χ3n) is 2.27. The molecule has 0 saturated carbocycles. The number of benzene rings is 3. The van der Waals surface area contributed by atoms with E-state index in [0.29, 0.717) is 17.2 Å². The van der Waals surface area contributed by atoms with Gasteiger partial charge < -0.3 is 20.1 Å². The van der Waals surface area contributed by atoms with Crippen molar-refractivity contribution >= 4 is 8.32 Å². The first-order chi connectivity index (χ1) is 12.2. The van der Waals surface area contributed by atoms with Crippen LogP contribution < -0.4 is 0 Å². The quantitative estimate of drug-likeness (QED) is 0.387. The molecular weight excluding hydrogens is 392 g/mol. The minimum Gasteiger partial charge on any atom is -0.508 e. The maximum atomic E-state index is 8.66. The molecule has 0 unspecified atom stereocenters. The van der Waals surface area contributed by atoms with Crippen LogP contribution in [0.5, 0.6) is 17.2 Å². The van der Waals surface area contributed by atoms with E-state index in [4.69, 9.17) is 20.1 Å². The van der Waals surface area contributed by atoms with Crippen molar-refractivity contribution in [3.05, 3.63) is 91.0 Å². The van der Waals surface area contributed by atoms with Gasteiger partial charge in [0, 0.05) is 21.7 Å². The summed E-state index contributed by atoms with van der Waals surface area (Å²) in [5.41, 5.74) is 0. The summed E-state index contributed by atoms with van der Waals surface area (Å²) in [6.07, 6.45) is 0. The van der Waals surface area contributed by atoms with E-state index in [9.17, 15) is 0 Å². The Morgan fingerprint density at radius 2 is 0.630 bits per heavy atom. The molecule has 0 aliphatic carbocycles. The third-order valence-corrected chi connectivity index (χ3v) is 2.27. The molecule has 0 aliphatic rings. The zero-order chi connectivity index (χ0) is 19.8. The van der Waals surface area contributed by atoms with Crippen LogP contribution in [-0.4, -0.2) is 28.4 Å². The van der Waals surface area contributed by atoms with Crippen LogP contribution in [0.15, 0.2) is 91.0 Å². The van der Waals surface area contributed by atoms with Crippen molar-refractivity contribution in [1.29, 1.82) is 0 Å². The molecule has 0 radical (unpaired) electrons. The van der Waals surface area contributed by atoms with Gasteiger partial charge in [-0.2, -0.15) is 0 Å². The minimum absolute atomic E-state index is 0. The summed E-state index contributed by atoms with van der Waals surface area (Å²) in [6, 6.07) is 26.1. The number of hydrogen-bond acceptors (Lipinski definition) is 4.